The lowest BCUT2D eigenvalue weighted by molar-refractivity contribution is 0.466. The van der Waals surface area contributed by atoms with Gasteiger partial charge in [0.25, 0.3) is 0 Å². The Morgan fingerprint density at radius 3 is 2.55 bits per heavy atom. The Balaban J connectivity index is 2.27. The van der Waals surface area contributed by atoms with Crippen LogP contribution in [0.3, 0.4) is 0 Å². The van der Waals surface area contributed by atoms with Gasteiger partial charge in [-0.25, -0.2) is 0 Å². The van der Waals surface area contributed by atoms with Crippen LogP contribution in [-0.4, -0.2) is 11.5 Å². The highest BCUT2D eigenvalue weighted by molar-refractivity contribution is 6.30. The van der Waals surface area contributed by atoms with Crippen LogP contribution in [0.2, 0.25) is 5.02 Å². The Kier molecular flexibility index (Phi) is 5.57. The van der Waals surface area contributed by atoms with Crippen LogP contribution in [-0.2, 0) is 0 Å². The molecule has 0 aliphatic carbocycles. The predicted octanol–water partition coefficient (Wildman–Crippen LogP) is 4.58. The number of benzene rings is 1. The summed E-state index contributed by atoms with van der Waals surface area (Å²) in [6, 6.07) is 12.5. The Bertz CT molecular complexity index is 528. The second kappa shape index (κ2) is 7.41. The summed E-state index contributed by atoms with van der Waals surface area (Å²) in [5.41, 5.74) is 2.52. The number of hydrogen-bond donors (Lipinski definition) is 1. The van der Waals surface area contributed by atoms with Gasteiger partial charge in [-0.1, -0.05) is 37.6 Å². The van der Waals surface area contributed by atoms with Crippen molar-refractivity contribution in [3.63, 3.8) is 0 Å². The molecule has 1 aromatic carbocycles. The summed E-state index contributed by atoms with van der Waals surface area (Å²) in [6.07, 6.45) is 4.81. The molecule has 3 heteroatoms. The standard InChI is InChI=1S/C17H21ClN2/c1-3-9-20-17(15-5-4-6-16(18)12-15)13(2)14-7-10-19-11-8-14/h4-8,10-13,17,20H,3,9H2,1-2H3. The van der Waals surface area contributed by atoms with Crippen LogP contribution in [0.25, 0.3) is 0 Å². The van der Waals surface area contributed by atoms with Gasteiger partial charge >= 0.3 is 0 Å². The molecular formula is C17H21ClN2. The molecule has 1 heterocycles. The first-order valence-corrected chi connectivity index (χ1v) is 7.49. The minimum Gasteiger partial charge on any atom is -0.309 e. The molecule has 2 atom stereocenters. The molecule has 0 saturated heterocycles. The second-order valence-electron chi connectivity index (χ2n) is 5.06. The summed E-state index contributed by atoms with van der Waals surface area (Å²) in [7, 11) is 0. The molecule has 106 valence electrons. The van der Waals surface area contributed by atoms with Crippen LogP contribution in [0.5, 0.6) is 0 Å². The van der Waals surface area contributed by atoms with Crippen LogP contribution < -0.4 is 5.32 Å². The second-order valence-corrected chi connectivity index (χ2v) is 5.49. The summed E-state index contributed by atoms with van der Waals surface area (Å²) in [4.78, 5) is 4.09. The quantitative estimate of drug-likeness (QED) is 0.841. The number of rotatable bonds is 6. The molecule has 0 aliphatic rings. The minimum atomic E-state index is 0.260. The van der Waals surface area contributed by atoms with E-state index in [0.717, 1.165) is 18.0 Å². The zero-order valence-electron chi connectivity index (χ0n) is 12.0. The van der Waals surface area contributed by atoms with Gasteiger partial charge in [0.15, 0.2) is 0 Å². The maximum absolute atomic E-state index is 6.14. The highest BCUT2D eigenvalue weighted by Gasteiger charge is 2.20. The van der Waals surface area contributed by atoms with Gasteiger partial charge in [-0.05, 0) is 48.4 Å². The molecule has 20 heavy (non-hydrogen) atoms. The summed E-state index contributed by atoms with van der Waals surface area (Å²) in [5, 5.41) is 4.42. The number of aromatic nitrogens is 1. The van der Waals surface area contributed by atoms with E-state index in [1.165, 1.54) is 11.1 Å². The lowest BCUT2D eigenvalue weighted by atomic mass is 9.89. The summed E-state index contributed by atoms with van der Waals surface area (Å²) in [6.45, 7) is 5.41. The zero-order chi connectivity index (χ0) is 14.4. The predicted molar refractivity (Wildman–Crippen MR) is 85.1 cm³/mol. The average molecular weight is 289 g/mol. The molecule has 0 fully saturated rings. The maximum Gasteiger partial charge on any atom is 0.0409 e. The van der Waals surface area contributed by atoms with E-state index in [4.69, 9.17) is 11.6 Å². The summed E-state index contributed by atoms with van der Waals surface area (Å²) < 4.78 is 0. The SMILES string of the molecule is CCCNC(c1cccc(Cl)c1)C(C)c1ccncc1. The first-order valence-electron chi connectivity index (χ1n) is 7.11. The maximum atomic E-state index is 6.14. The third-order valence-electron chi connectivity index (χ3n) is 3.55. The van der Waals surface area contributed by atoms with Crippen molar-refractivity contribution in [2.75, 3.05) is 6.54 Å². The molecule has 2 unspecified atom stereocenters. The van der Waals surface area contributed by atoms with Crippen molar-refractivity contribution in [2.45, 2.75) is 32.2 Å². The molecule has 1 aromatic heterocycles. The van der Waals surface area contributed by atoms with Crippen LogP contribution in [0.4, 0.5) is 0 Å². The van der Waals surface area contributed by atoms with Crippen molar-refractivity contribution in [1.82, 2.24) is 10.3 Å². The Morgan fingerprint density at radius 1 is 1.15 bits per heavy atom. The van der Waals surface area contributed by atoms with Gasteiger partial charge in [-0.15, -0.1) is 0 Å². The highest BCUT2D eigenvalue weighted by Crippen LogP contribution is 2.31. The van der Waals surface area contributed by atoms with Crippen LogP contribution in [0.1, 0.15) is 43.4 Å². The van der Waals surface area contributed by atoms with E-state index in [9.17, 15) is 0 Å². The van der Waals surface area contributed by atoms with E-state index in [0.29, 0.717) is 5.92 Å². The largest absolute Gasteiger partial charge is 0.309 e. The zero-order valence-corrected chi connectivity index (χ0v) is 12.8. The Morgan fingerprint density at radius 2 is 1.90 bits per heavy atom. The first kappa shape index (κ1) is 15.0. The van der Waals surface area contributed by atoms with Crippen molar-refractivity contribution in [3.05, 3.63) is 64.9 Å². The molecule has 0 radical (unpaired) electrons. The van der Waals surface area contributed by atoms with E-state index < -0.39 is 0 Å². The highest BCUT2D eigenvalue weighted by atomic mass is 35.5. The van der Waals surface area contributed by atoms with Crippen molar-refractivity contribution in [2.24, 2.45) is 0 Å². The van der Waals surface area contributed by atoms with Crippen molar-refractivity contribution < 1.29 is 0 Å². The monoisotopic (exact) mass is 288 g/mol. The van der Waals surface area contributed by atoms with E-state index in [-0.39, 0.29) is 6.04 Å². The minimum absolute atomic E-state index is 0.260. The van der Waals surface area contributed by atoms with Crippen molar-refractivity contribution in [3.8, 4) is 0 Å². The van der Waals surface area contributed by atoms with Gasteiger partial charge in [0.05, 0.1) is 0 Å². The van der Waals surface area contributed by atoms with Gasteiger partial charge in [0, 0.05) is 29.4 Å². The molecule has 0 bridgehead atoms. The fraction of sp³-hybridized carbons (Fsp3) is 0.353. The van der Waals surface area contributed by atoms with E-state index >= 15 is 0 Å². The Labute approximate surface area is 126 Å². The topological polar surface area (TPSA) is 24.9 Å². The molecule has 1 N–H and O–H groups in total. The fourth-order valence-corrected chi connectivity index (χ4v) is 2.64. The third-order valence-corrected chi connectivity index (χ3v) is 3.79. The number of halogens is 1. The smallest absolute Gasteiger partial charge is 0.0409 e. The van der Waals surface area contributed by atoms with Crippen molar-refractivity contribution >= 4 is 11.6 Å². The Hall–Kier alpha value is -1.38. The van der Waals surface area contributed by atoms with E-state index in [2.05, 4.69) is 42.3 Å². The van der Waals surface area contributed by atoms with Gasteiger partial charge in [-0.2, -0.15) is 0 Å². The van der Waals surface area contributed by atoms with Crippen molar-refractivity contribution in [1.29, 1.82) is 0 Å². The summed E-state index contributed by atoms with van der Waals surface area (Å²) >= 11 is 6.14. The number of nitrogens with one attached hydrogen (secondary N) is 1. The number of hydrogen-bond acceptors (Lipinski definition) is 2. The number of nitrogens with zero attached hydrogens (tertiary/aromatic N) is 1. The molecule has 2 aromatic rings. The number of pyridine rings is 1. The van der Waals surface area contributed by atoms with Crippen LogP contribution >= 0.6 is 11.6 Å². The molecule has 0 saturated carbocycles. The van der Waals surface area contributed by atoms with Gasteiger partial charge in [0.1, 0.15) is 0 Å². The molecule has 0 spiro atoms. The van der Waals surface area contributed by atoms with Crippen LogP contribution in [0.15, 0.2) is 48.8 Å². The average Bonchev–Trinajstić information content (AvgIpc) is 2.48. The summed E-state index contributed by atoms with van der Waals surface area (Å²) in [5.74, 6) is 0.364. The van der Waals surface area contributed by atoms with Gasteiger partial charge in [-0.3, -0.25) is 4.98 Å². The van der Waals surface area contributed by atoms with E-state index in [1.807, 2.05) is 30.6 Å². The third kappa shape index (κ3) is 3.81. The molecule has 2 nitrogen and oxygen atoms in total. The fourth-order valence-electron chi connectivity index (χ4n) is 2.44. The van der Waals surface area contributed by atoms with Crippen LogP contribution in [0, 0.1) is 0 Å². The molecule has 0 aliphatic heterocycles. The molecular weight excluding hydrogens is 268 g/mol. The van der Waals surface area contributed by atoms with E-state index in [1.54, 1.807) is 0 Å². The molecule has 2 rings (SSSR count). The lowest BCUT2D eigenvalue weighted by Gasteiger charge is -2.26. The lowest BCUT2D eigenvalue weighted by Crippen LogP contribution is -2.26. The molecule has 0 amide bonds. The first-order chi connectivity index (χ1) is 9.72. The van der Waals surface area contributed by atoms with Gasteiger partial charge < -0.3 is 5.32 Å². The normalized spacial score (nSPS) is 13.9. The van der Waals surface area contributed by atoms with Gasteiger partial charge in [0.2, 0.25) is 0 Å².